The van der Waals surface area contributed by atoms with Crippen molar-refractivity contribution in [1.82, 2.24) is 0 Å². The fourth-order valence-electron chi connectivity index (χ4n) is 1.10. The normalized spacial score (nSPS) is 11.6. The van der Waals surface area contributed by atoms with Crippen molar-refractivity contribution in [3.8, 4) is 0 Å². The van der Waals surface area contributed by atoms with Crippen LogP contribution in [0.5, 0.6) is 0 Å². The maximum atomic E-state index is 5.87. The highest BCUT2D eigenvalue weighted by atomic mass is 35.5. The van der Waals surface area contributed by atoms with Crippen molar-refractivity contribution in [3.63, 3.8) is 0 Å². The molecule has 0 aliphatic carbocycles. The minimum absolute atomic E-state index is 0.529. The van der Waals surface area contributed by atoms with Gasteiger partial charge in [0.1, 0.15) is 0 Å². The van der Waals surface area contributed by atoms with Crippen molar-refractivity contribution in [2.45, 2.75) is 40.0 Å². The van der Waals surface area contributed by atoms with E-state index in [-0.39, 0.29) is 0 Å². The Morgan fingerprint density at radius 3 is 1.86 bits per heavy atom. The van der Waals surface area contributed by atoms with Crippen molar-refractivity contribution in [3.05, 3.63) is 33.8 Å². The lowest BCUT2D eigenvalue weighted by Gasteiger charge is -2.09. The molecule has 0 bridgehead atoms. The minimum atomic E-state index is 0.529. The molecule has 0 spiro atoms. The van der Waals surface area contributed by atoms with Crippen molar-refractivity contribution in [2.75, 3.05) is 0 Å². The summed E-state index contributed by atoms with van der Waals surface area (Å²) in [5.41, 5.74) is 1.22. The van der Waals surface area contributed by atoms with E-state index in [1.807, 2.05) is 26.0 Å². The largest absolute Gasteiger partial charge is 0.0843 e. The van der Waals surface area contributed by atoms with Gasteiger partial charge >= 0.3 is 0 Å². The molecule has 1 rings (SSSR count). The molecule has 1 aromatic rings. The first kappa shape index (κ1) is 13.8. The molecule has 0 aromatic heterocycles. The molecule has 0 radical (unpaired) electrons. The maximum absolute atomic E-state index is 5.87. The third-order valence-electron chi connectivity index (χ3n) is 2.07. The predicted molar refractivity (Wildman–Crippen MR) is 66.5 cm³/mol. The van der Waals surface area contributed by atoms with Gasteiger partial charge in [-0.05, 0) is 36.1 Å². The summed E-state index contributed by atoms with van der Waals surface area (Å²) in [5.74, 6) is 0.529. The standard InChI is InChI=1S/C10H12Cl2.C2H6/c1-3-7(2)8-4-9(11)6-10(12)5-8;1-2/h4-7H,3H2,1-2H3;1-2H3. The molecule has 0 heterocycles. The molecule has 0 nitrogen and oxygen atoms in total. The first-order valence-electron chi connectivity index (χ1n) is 5.09. The van der Waals surface area contributed by atoms with E-state index in [2.05, 4.69) is 13.8 Å². The Labute approximate surface area is 97.2 Å². The van der Waals surface area contributed by atoms with E-state index in [1.54, 1.807) is 6.07 Å². The Hall–Kier alpha value is -0.200. The van der Waals surface area contributed by atoms with Gasteiger partial charge in [0.2, 0.25) is 0 Å². The summed E-state index contributed by atoms with van der Waals surface area (Å²) in [6, 6.07) is 5.71. The Bertz CT molecular complexity index is 249. The van der Waals surface area contributed by atoms with Gasteiger partial charge in [0.25, 0.3) is 0 Å². The second-order valence-electron chi connectivity index (χ2n) is 3.01. The van der Waals surface area contributed by atoms with E-state index in [0.717, 1.165) is 16.5 Å². The summed E-state index contributed by atoms with van der Waals surface area (Å²) in [6.07, 6.45) is 1.11. The van der Waals surface area contributed by atoms with E-state index >= 15 is 0 Å². The van der Waals surface area contributed by atoms with Crippen LogP contribution in [0.1, 0.15) is 45.6 Å². The SMILES string of the molecule is CC.CCC(C)c1cc(Cl)cc(Cl)c1. The Kier molecular flexibility index (Phi) is 7.04. The molecule has 1 atom stereocenters. The van der Waals surface area contributed by atoms with Crippen LogP contribution in [0.4, 0.5) is 0 Å². The first-order chi connectivity index (χ1) is 6.63. The van der Waals surface area contributed by atoms with Crippen LogP contribution in [0.3, 0.4) is 0 Å². The molecule has 0 N–H and O–H groups in total. The zero-order valence-corrected chi connectivity index (χ0v) is 10.8. The van der Waals surface area contributed by atoms with Gasteiger partial charge in [0.15, 0.2) is 0 Å². The van der Waals surface area contributed by atoms with Gasteiger partial charge in [0.05, 0.1) is 0 Å². The molecule has 2 heteroatoms. The van der Waals surface area contributed by atoms with Crippen LogP contribution in [0.25, 0.3) is 0 Å². The Balaban J connectivity index is 0.000000791. The minimum Gasteiger partial charge on any atom is -0.0843 e. The number of halogens is 2. The number of hydrogen-bond donors (Lipinski definition) is 0. The van der Waals surface area contributed by atoms with Crippen molar-refractivity contribution < 1.29 is 0 Å². The highest BCUT2D eigenvalue weighted by molar-refractivity contribution is 6.34. The van der Waals surface area contributed by atoms with Crippen LogP contribution >= 0.6 is 23.2 Å². The molecule has 0 fully saturated rings. The topological polar surface area (TPSA) is 0 Å². The van der Waals surface area contributed by atoms with E-state index < -0.39 is 0 Å². The van der Waals surface area contributed by atoms with Gasteiger partial charge in [-0.3, -0.25) is 0 Å². The van der Waals surface area contributed by atoms with Gasteiger partial charge in [-0.25, -0.2) is 0 Å². The third kappa shape index (κ3) is 4.34. The monoisotopic (exact) mass is 232 g/mol. The molecule has 0 amide bonds. The molecule has 1 unspecified atom stereocenters. The molecule has 0 aliphatic rings. The van der Waals surface area contributed by atoms with Gasteiger partial charge < -0.3 is 0 Å². The summed E-state index contributed by atoms with van der Waals surface area (Å²) >= 11 is 11.7. The number of rotatable bonds is 2. The molecular weight excluding hydrogens is 215 g/mol. The van der Waals surface area contributed by atoms with Crippen LogP contribution in [-0.2, 0) is 0 Å². The lowest BCUT2D eigenvalue weighted by molar-refractivity contribution is 0.734. The van der Waals surface area contributed by atoms with Crippen LogP contribution in [0, 0.1) is 0 Å². The zero-order chi connectivity index (χ0) is 11.1. The summed E-state index contributed by atoms with van der Waals surface area (Å²) in [7, 11) is 0. The smallest absolute Gasteiger partial charge is 0.0423 e. The molecule has 80 valence electrons. The Morgan fingerprint density at radius 2 is 1.50 bits per heavy atom. The van der Waals surface area contributed by atoms with Crippen LogP contribution in [0.2, 0.25) is 10.0 Å². The molecule has 14 heavy (non-hydrogen) atoms. The van der Waals surface area contributed by atoms with E-state index in [4.69, 9.17) is 23.2 Å². The summed E-state index contributed by atoms with van der Waals surface area (Å²) in [6.45, 7) is 8.32. The second kappa shape index (κ2) is 7.14. The average molecular weight is 233 g/mol. The Morgan fingerprint density at radius 1 is 1.07 bits per heavy atom. The maximum Gasteiger partial charge on any atom is 0.0423 e. The zero-order valence-electron chi connectivity index (χ0n) is 9.27. The number of benzene rings is 1. The molecule has 0 saturated heterocycles. The highest BCUT2D eigenvalue weighted by Crippen LogP contribution is 2.25. The second-order valence-corrected chi connectivity index (χ2v) is 3.88. The van der Waals surface area contributed by atoms with E-state index in [9.17, 15) is 0 Å². The van der Waals surface area contributed by atoms with Gasteiger partial charge in [-0.1, -0.05) is 50.9 Å². The highest BCUT2D eigenvalue weighted by Gasteiger charge is 2.04. The van der Waals surface area contributed by atoms with Crippen molar-refractivity contribution in [2.24, 2.45) is 0 Å². The van der Waals surface area contributed by atoms with Gasteiger partial charge in [-0.2, -0.15) is 0 Å². The lowest BCUT2D eigenvalue weighted by Crippen LogP contribution is -1.90. The predicted octanol–water partition coefficient (Wildman–Crippen LogP) is 5.53. The van der Waals surface area contributed by atoms with Gasteiger partial charge in [-0.15, -0.1) is 0 Å². The quantitative estimate of drug-likeness (QED) is 0.629. The summed E-state index contributed by atoms with van der Waals surface area (Å²) in [4.78, 5) is 0. The van der Waals surface area contributed by atoms with E-state index in [0.29, 0.717) is 5.92 Å². The van der Waals surface area contributed by atoms with Crippen LogP contribution < -0.4 is 0 Å². The molecule has 0 saturated carbocycles. The lowest BCUT2D eigenvalue weighted by atomic mass is 9.99. The average Bonchev–Trinajstić information content (AvgIpc) is 2.18. The van der Waals surface area contributed by atoms with Crippen LogP contribution in [0.15, 0.2) is 18.2 Å². The fraction of sp³-hybridized carbons (Fsp3) is 0.500. The van der Waals surface area contributed by atoms with Crippen molar-refractivity contribution >= 4 is 23.2 Å². The number of hydrogen-bond acceptors (Lipinski definition) is 0. The summed E-state index contributed by atoms with van der Waals surface area (Å²) in [5, 5.41) is 1.44. The van der Waals surface area contributed by atoms with Gasteiger partial charge in [0, 0.05) is 10.0 Å². The summed E-state index contributed by atoms with van der Waals surface area (Å²) < 4.78 is 0. The fourth-order valence-corrected chi connectivity index (χ4v) is 1.64. The third-order valence-corrected chi connectivity index (χ3v) is 2.50. The molecule has 1 aromatic carbocycles. The first-order valence-corrected chi connectivity index (χ1v) is 5.85. The molecule has 0 aliphatic heterocycles. The molecular formula is C12H18Cl2. The van der Waals surface area contributed by atoms with Crippen LogP contribution in [-0.4, -0.2) is 0 Å². The van der Waals surface area contributed by atoms with Crippen molar-refractivity contribution in [1.29, 1.82) is 0 Å². The van der Waals surface area contributed by atoms with E-state index in [1.165, 1.54) is 5.56 Å².